The van der Waals surface area contributed by atoms with Crippen molar-refractivity contribution in [1.82, 2.24) is 5.32 Å². The van der Waals surface area contributed by atoms with Crippen LogP contribution in [-0.4, -0.2) is 24.4 Å². The molecule has 0 aromatic heterocycles. The van der Waals surface area contributed by atoms with Crippen molar-refractivity contribution in [2.45, 2.75) is 6.92 Å². The maximum absolute atomic E-state index is 12.1. The molecule has 0 saturated heterocycles. The Kier molecular flexibility index (Phi) is 5.65. The highest BCUT2D eigenvalue weighted by molar-refractivity contribution is 7.73. The number of rotatable bonds is 6. The van der Waals surface area contributed by atoms with E-state index >= 15 is 0 Å². The van der Waals surface area contributed by atoms with E-state index in [4.69, 9.17) is 0 Å². The molecule has 0 atom stereocenters. The standard InChI is InChI=1S/C17H18NO2P/c1-14(19)18-12-15(20)13-21(16-8-4-2-5-9-16)17-10-6-3-7-11-17/h2-11H,12-13H2,1H3,(H,18,19). The summed E-state index contributed by atoms with van der Waals surface area (Å²) in [5, 5.41) is 4.93. The zero-order valence-corrected chi connectivity index (χ0v) is 12.8. The zero-order chi connectivity index (χ0) is 15.1. The van der Waals surface area contributed by atoms with Crippen molar-refractivity contribution in [3.63, 3.8) is 0 Å². The first kappa shape index (κ1) is 15.4. The number of amides is 1. The molecule has 0 heterocycles. The molecule has 2 aromatic rings. The average molecular weight is 299 g/mol. The number of carbonyl (C=O) groups is 2. The van der Waals surface area contributed by atoms with Gasteiger partial charge in [0.25, 0.3) is 0 Å². The van der Waals surface area contributed by atoms with E-state index in [0.717, 1.165) is 0 Å². The highest BCUT2D eigenvalue weighted by atomic mass is 31.1. The summed E-state index contributed by atoms with van der Waals surface area (Å²) in [5.74, 6) is -0.115. The predicted octanol–water partition coefficient (Wildman–Crippen LogP) is 1.82. The van der Waals surface area contributed by atoms with Crippen LogP contribution in [-0.2, 0) is 9.59 Å². The first-order chi connectivity index (χ1) is 10.2. The van der Waals surface area contributed by atoms with Gasteiger partial charge >= 0.3 is 0 Å². The Bertz CT molecular complexity index is 559. The molecule has 0 spiro atoms. The molecule has 2 aromatic carbocycles. The molecule has 21 heavy (non-hydrogen) atoms. The van der Waals surface area contributed by atoms with E-state index in [1.54, 1.807) is 0 Å². The number of carbonyl (C=O) groups excluding carboxylic acids is 2. The predicted molar refractivity (Wildman–Crippen MR) is 87.6 cm³/mol. The molecule has 1 amide bonds. The Morgan fingerprint density at radius 2 is 1.38 bits per heavy atom. The number of hydrogen-bond acceptors (Lipinski definition) is 2. The third-order valence-corrected chi connectivity index (χ3v) is 5.52. The normalized spacial score (nSPS) is 10.4. The topological polar surface area (TPSA) is 46.2 Å². The summed E-state index contributed by atoms with van der Waals surface area (Å²) < 4.78 is 0. The van der Waals surface area contributed by atoms with E-state index in [9.17, 15) is 9.59 Å². The van der Waals surface area contributed by atoms with Gasteiger partial charge in [-0.3, -0.25) is 9.59 Å². The van der Waals surface area contributed by atoms with Crippen molar-refractivity contribution in [2.75, 3.05) is 12.7 Å². The van der Waals surface area contributed by atoms with Crippen LogP contribution >= 0.6 is 7.92 Å². The molecule has 0 aliphatic carbocycles. The van der Waals surface area contributed by atoms with Crippen molar-refractivity contribution >= 4 is 30.2 Å². The van der Waals surface area contributed by atoms with Crippen molar-refractivity contribution in [1.29, 1.82) is 0 Å². The summed E-state index contributed by atoms with van der Waals surface area (Å²) in [4.78, 5) is 23.0. The van der Waals surface area contributed by atoms with Gasteiger partial charge in [-0.05, 0) is 18.5 Å². The molecule has 108 valence electrons. The molecule has 0 fully saturated rings. The first-order valence-corrected chi connectivity index (χ1v) is 8.33. The summed E-state index contributed by atoms with van der Waals surface area (Å²) in [6.07, 6.45) is 0.448. The number of hydrogen-bond donors (Lipinski definition) is 1. The second kappa shape index (κ2) is 7.70. The summed E-state index contributed by atoms with van der Waals surface area (Å²) in [7, 11) is -0.722. The largest absolute Gasteiger partial charge is 0.349 e. The average Bonchev–Trinajstić information content (AvgIpc) is 2.52. The highest BCUT2D eigenvalue weighted by Crippen LogP contribution is 2.32. The van der Waals surface area contributed by atoms with Crippen LogP contribution in [0.25, 0.3) is 0 Å². The molecule has 2 rings (SSSR count). The van der Waals surface area contributed by atoms with Gasteiger partial charge in [0.05, 0.1) is 6.54 Å². The van der Waals surface area contributed by atoms with Crippen molar-refractivity contribution in [3.8, 4) is 0 Å². The van der Waals surface area contributed by atoms with Crippen LogP contribution in [0, 0.1) is 0 Å². The lowest BCUT2D eigenvalue weighted by Gasteiger charge is -2.18. The highest BCUT2D eigenvalue weighted by Gasteiger charge is 2.17. The third-order valence-electron chi connectivity index (χ3n) is 3.00. The van der Waals surface area contributed by atoms with E-state index in [0.29, 0.717) is 6.16 Å². The van der Waals surface area contributed by atoms with Crippen LogP contribution in [0.15, 0.2) is 60.7 Å². The summed E-state index contributed by atoms with van der Waals surface area (Å²) in [6.45, 7) is 1.53. The van der Waals surface area contributed by atoms with Gasteiger partial charge in [-0.2, -0.15) is 0 Å². The maximum Gasteiger partial charge on any atom is 0.217 e. The monoisotopic (exact) mass is 299 g/mol. The molecule has 0 aliphatic heterocycles. The minimum Gasteiger partial charge on any atom is -0.349 e. The van der Waals surface area contributed by atoms with E-state index in [2.05, 4.69) is 29.6 Å². The van der Waals surface area contributed by atoms with E-state index in [1.807, 2.05) is 36.4 Å². The molecule has 0 radical (unpaired) electrons. The fourth-order valence-electron chi connectivity index (χ4n) is 2.00. The molecule has 3 nitrogen and oxygen atoms in total. The van der Waals surface area contributed by atoms with Crippen LogP contribution in [0.1, 0.15) is 6.92 Å². The van der Waals surface area contributed by atoms with Crippen molar-refractivity contribution < 1.29 is 9.59 Å². The van der Waals surface area contributed by atoms with Gasteiger partial charge in [-0.15, -0.1) is 0 Å². The van der Waals surface area contributed by atoms with Crippen molar-refractivity contribution in [3.05, 3.63) is 60.7 Å². The summed E-state index contributed by atoms with van der Waals surface area (Å²) in [6, 6.07) is 20.2. The molecular weight excluding hydrogens is 281 g/mol. The second-order valence-electron chi connectivity index (χ2n) is 4.71. The number of ketones is 1. The van der Waals surface area contributed by atoms with Gasteiger partial charge in [0.1, 0.15) is 0 Å². The van der Waals surface area contributed by atoms with Crippen molar-refractivity contribution in [2.24, 2.45) is 0 Å². The zero-order valence-electron chi connectivity index (χ0n) is 12.0. The van der Waals surface area contributed by atoms with Gasteiger partial charge in [-0.1, -0.05) is 60.7 Å². The van der Waals surface area contributed by atoms with Crippen LogP contribution in [0.4, 0.5) is 0 Å². The quantitative estimate of drug-likeness (QED) is 0.827. The minimum atomic E-state index is -0.722. The van der Waals surface area contributed by atoms with E-state index < -0.39 is 7.92 Å². The Labute approximate surface area is 126 Å². The number of Topliss-reactive ketones (excluding diaryl/α,β-unsaturated/α-hetero) is 1. The summed E-state index contributed by atoms with van der Waals surface area (Å²) in [5.41, 5.74) is 0. The Balaban J connectivity index is 2.17. The van der Waals surface area contributed by atoms with Gasteiger partial charge in [0.2, 0.25) is 5.91 Å². The van der Waals surface area contributed by atoms with E-state index in [-0.39, 0.29) is 18.2 Å². The lowest BCUT2D eigenvalue weighted by Crippen LogP contribution is -2.30. The van der Waals surface area contributed by atoms with Crippen LogP contribution in [0.2, 0.25) is 0 Å². The lowest BCUT2D eigenvalue weighted by atomic mass is 10.4. The molecule has 0 saturated carbocycles. The van der Waals surface area contributed by atoms with Gasteiger partial charge < -0.3 is 5.32 Å². The third kappa shape index (κ3) is 4.80. The van der Waals surface area contributed by atoms with Gasteiger partial charge in [-0.25, -0.2) is 0 Å². The molecular formula is C17H18NO2P. The molecule has 0 bridgehead atoms. The van der Waals surface area contributed by atoms with Crippen LogP contribution in [0.3, 0.4) is 0 Å². The molecule has 0 aliphatic rings. The fraction of sp³-hybridized carbons (Fsp3) is 0.176. The molecule has 0 unspecified atom stereocenters. The van der Waals surface area contributed by atoms with Gasteiger partial charge in [0, 0.05) is 13.1 Å². The van der Waals surface area contributed by atoms with E-state index in [1.165, 1.54) is 17.5 Å². The lowest BCUT2D eigenvalue weighted by molar-refractivity contribution is -0.122. The Morgan fingerprint density at radius 3 is 1.81 bits per heavy atom. The fourth-order valence-corrected chi connectivity index (χ4v) is 4.19. The maximum atomic E-state index is 12.1. The Morgan fingerprint density at radius 1 is 0.905 bits per heavy atom. The minimum absolute atomic E-state index is 0.0593. The smallest absolute Gasteiger partial charge is 0.217 e. The SMILES string of the molecule is CC(=O)NCC(=O)CP(c1ccccc1)c1ccccc1. The first-order valence-electron chi connectivity index (χ1n) is 6.80. The number of nitrogens with one attached hydrogen (secondary N) is 1. The molecule has 1 N–H and O–H groups in total. The van der Waals surface area contributed by atoms with Crippen LogP contribution < -0.4 is 15.9 Å². The molecule has 4 heteroatoms. The second-order valence-corrected chi connectivity index (χ2v) is 6.91. The van der Waals surface area contributed by atoms with Crippen LogP contribution in [0.5, 0.6) is 0 Å². The number of benzene rings is 2. The Hall–Kier alpha value is -1.99. The van der Waals surface area contributed by atoms with Gasteiger partial charge in [0.15, 0.2) is 5.78 Å². The summed E-state index contributed by atoms with van der Waals surface area (Å²) >= 11 is 0.